The number of benzene rings is 2. The van der Waals surface area contributed by atoms with Gasteiger partial charge >= 0.3 is 0 Å². The molecule has 1 aromatic heterocycles. The van der Waals surface area contributed by atoms with E-state index in [1.807, 2.05) is 0 Å². The van der Waals surface area contributed by atoms with Gasteiger partial charge in [0.15, 0.2) is 11.6 Å². The normalized spacial score (nSPS) is 12.5. The number of aliphatic hydroxyl groups is 1. The first-order chi connectivity index (χ1) is 11.4. The highest BCUT2D eigenvalue weighted by Gasteiger charge is 2.13. The topological polar surface area (TPSA) is 47.3 Å². The SMILES string of the molecule is OC(COc1cc(Cl)ccc1Cl)Cn1cnc2cc(F)c(F)cc21. The summed E-state index contributed by atoms with van der Waals surface area (Å²) in [6, 6.07) is 6.81. The fourth-order valence-corrected chi connectivity index (χ4v) is 2.59. The average Bonchev–Trinajstić information content (AvgIpc) is 2.91. The van der Waals surface area contributed by atoms with Gasteiger partial charge in [-0.15, -0.1) is 0 Å². The van der Waals surface area contributed by atoms with Gasteiger partial charge < -0.3 is 14.4 Å². The third-order valence-corrected chi connectivity index (χ3v) is 3.94. The fourth-order valence-electron chi connectivity index (χ4n) is 2.25. The van der Waals surface area contributed by atoms with Crippen LogP contribution in [0.1, 0.15) is 0 Å². The first-order valence-corrected chi connectivity index (χ1v) is 7.75. The molecule has 0 amide bonds. The third-order valence-electron chi connectivity index (χ3n) is 3.40. The van der Waals surface area contributed by atoms with Crippen LogP contribution in [0.2, 0.25) is 10.0 Å². The highest BCUT2D eigenvalue weighted by Crippen LogP contribution is 2.27. The molecule has 4 nitrogen and oxygen atoms in total. The lowest BCUT2D eigenvalue weighted by atomic mass is 10.3. The molecule has 0 spiro atoms. The van der Waals surface area contributed by atoms with Crippen molar-refractivity contribution < 1.29 is 18.6 Å². The minimum atomic E-state index is -0.972. The molecule has 0 radical (unpaired) electrons. The Morgan fingerprint density at radius 2 is 1.92 bits per heavy atom. The summed E-state index contributed by atoms with van der Waals surface area (Å²) in [5, 5.41) is 10.9. The molecule has 0 bridgehead atoms. The van der Waals surface area contributed by atoms with Gasteiger partial charge in [0.2, 0.25) is 0 Å². The van der Waals surface area contributed by atoms with E-state index in [1.165, 1.54) is 10.9 Å². The second-order valence-electron chi connectivity index (χ2n) is 5.19. The number of aromatic nitrogens is 2. The summed E-state index contributed by atoms with van der Waals surface area (Å²) in [5.41, 5.74) is 0.689. The van der Waals surface area contributed by atoms with E-state index in [-0.39, 0.29) is 13.2 Å². The summed E-state index contributed by atoms with van der Waals surface area (Å²) < 4.78 is 33.5. The Kier molecular flexibility index (Phi) is 4.89. The highest BCUT2D eigenvalue weighted by atomic mass is 35.5. The number of nitrogens with zero attached hydrogens (tertiary/aromatic N) is 2. The second kappa shape index (κ2) is 6.93. The number of fused-ring (bicyclic) bond motifs is 1. The zero-order valence-corrected chi connectivity index (χ0v) is 13.7. The predicted molar refractivity (Wildman–Crippen MR) is 87.6 cm³/mol. The van der Waals surface area contributed by atoms with Crippen LogP contribution in [0.5, 0.6) is 5.75 Å². The lowest BCUT2D eigenvalue weighted by Gasteiger charge is -2.14. The Morgan fingerprint density at radius 1 is 1.17 bits per heavy atom. The lowest BCUT2D eigenvalue weighted by molar-refractivity contribution is 0.0935. The van der Waals surface area contributed by atoms with Crippen LogP contribution in [-0.4, -0.2) is 27.4 Å². The fraction of sp³-hybridized carbons (Fsp3) is 0.188. The molecule has 0 aliphatic rings. The van der Waals surface area contributed by atoms with Gasteiger partial charge in [-0.3, -0.25) is 0 Å². The molecule has 1 atom stereocenters. The van der Waals surface area contributed by atoms with E-state index in [0.29, 0.717) is 26.8 Å². The number of rotatable bonds is 5. The smallest absolute Gasteiger partial charge is 0.161 e. The van der Waals surface area contributed by atoms with Crippen molar-refractivity contribution in [3.8, 4) is 5.75 Å². The minimum absolute atomic E-state index is 0.0522. The van der Waals surface area contributed by atoms with E-state index in [9.17, 15) is 13.9 Å². The van der Waals surface area contributed by atoms with Crippen molar-refractivity contribution in [2.45, 2.75) is 12.6 Å². The average molecular weight is 373 g/mol. The molecule has 1 unspecified atom stereocenters. The van der Waals surface area contributed by atoms with Crippen LogP contribution in [0.4, 0.5) is 8.78 Å². The Hall–Kier alpha value is -1.89. The van der Waals surface area contributed by atoms with Crippen molar-refractivity contribution in [3.63, 3.8) is 0 Å². The van der Waals surface area contributed by atoms with Crippen molar-refractivity contribution in [1.82, 2.24) is 9.55 Å². The molecule has 126 valence electrons. The quantitative estimate of drug-likeness (QED) is 0.734. The van der Waals surface area contributed by atoms with Crippen molar-refractivity contribution in [1.29, 1.82) is 0 Å². The van der Waals surface area contributed by atoms with Gasteiger partial charge in [0.25, 0.3) is 0 Å². The molecule has 1 N–H and O–H groups in total. The largest absolute Gasteiger partial charge is 0.489 e. The Labute approximate surface area is 146 Å². The molecule has 1 heterocycles. The molecule has 24 heavy (non-hydrogen) atoms. The molecule has 0 aliphatic carbocycles. The number of halogens is 4. The standard InChI is InChI=1S/C16H12Cl2F2N2O2/c17-9-1-2-11(18)16(3-9)24-7-10(23)6-22-8-21-14-4-12(19)13(20)5-15(14)22/h1-5,8,10,23H,6-7H2. The van der Waals surface area contributed by atoms with Gasteiger partial charge in [0, 0.05) is 23.2 Å². The summed E-state index contributed by atoms with van der Waals surface area (Å²) in [5.74, 6) is -1.58. The number of hydrogen-bond acceptors (Lipinski definition) is 3. The minimum Gasteiger partial charge on any atom is -0.489 e. The Morgan fingerprint density at radius 3 is 2.71 bits per heavy atom. The van der Waals surface area contributed by atoms with Crippen LogP contribution >= 0.6 is 23.2 Å². The summed E-state index contributed by atoms with van der Waals surface area (Å²) in [6.45, 7) is 0.0448. The van der Waals surface area contributed by atoms with Crippen LogP contribution in [0, 0.1) is 11.6 Å². The van der Waals surface area contributed by atoms with Crippen LogP contribution in [0.25, 0.3) is 11.0 Å². The van der Waals surface area contributed by atoms with Crippen LogP contribution in [-0.2, 0) is 6.54 Å². The number of aliphatic hydroxyl groups excluding tert-OH is 1. The molecular weight excluding hydrogens is 361 g/mol. The predicted octanol–water partition coefficient (Wildman–Crippen LogP) is 4.06. The number of hydrogen-bond donors (Lipinski definition) is 1. The van der Waals surface area contributed by atoms with Crippen molar-refractivity contribution in [2.24, 2.45) is 0 Å². The summed E-state index contributed by atoms with van der Waals surface area (Å²) in [4.78, 5) is 3.98. The van der Waals surface area contributed by atoms with E-state index in [0.717, 1.165) is 12.1 Å². The molecule has 0 aliphatic heterocycles. The maximum atomic E-state index is 13.4. The van der Waals surface area contributed by atoms with E-state index >= 15 is 0 Å². The third kappa shape index (κ3) is 3.61. The first-order valence-electron chi connectivity index (χ1n) is 7.00. The molecule has 0 saturated carbocycles. The zero-order valence-electron chi connectivity index (χ0n) is 12.2. The molecule has 3 rings (SSSR count). The second-order valence-corrected chi connectivity index (χ2v) is 6.04. The molecule has 0 saturated heterocycles. The molecule has 3 aromatic rings. The molecule has 2 aromatic carbocycles. The van der Waals surface area contributed by atoms with E-state index in [1.54, 1.807) is 18.2 Å². The Bertz CT molecular complexity index is 886. The molecular formula is C16H12Cl2F2N2O2. The lowest BCUT2D eigenvalue weighted by Crippen LogP contribution is -2.23. The molecule has 8 heteroatoms. The summed E-state index contributed by atoms with van der Waals surface area (Å²) in [6.07, 6.45) is 0.490. The monoisotopic (exact) mass is 372 g/mol. The van der Waals surface area contributed by atoms with Gasteiger partial charge in [-0.05, 0) is 12.1 Å². The van der Waals surface area contributed by atoms with Crippen LogP contribution in [0.15, 0.2) is 36.7 Å². The number of imidazole rings is 1. The van der Waals surface area contributed by atoms with Crippen molar-refractivity contribution >= 4 is 34.2 Å². The Balaban J connectivity index is 1.70. The summed E-state index contributed by atoms with van der Waals surface area (Å²) >= 11 is 11.8. The van der Waals surface area contributed by atoms with Crippen molar-refractivity contribution in [3.05, 3.63) is 58.3 Å². The van der Waals surface area contributed by atoms with Gasteiger partial charge in [0.05, 0.1) is 28.9 Å². The van der Waals surface area contributed by atoms with Gasteiger partial charge in [-0.1, -0.05) is 23.2 Å². The maximum absolute atomic E-state index is 13.4. The van der Waals surface area contributed by atoms with Gasteiger partial charge in [0.1, 0.15) is 18.5 Å². The maximum Gasteiger partial charge on any atom is 0.161 e. The van der Waals surface area contributed by atoms with E-state index < -0.39 is 17.7 Å². The van der Waals surface area contributed by atoms with Crippen LogP contribution in [0.3, 0.4) is 0 Å². The molecule has 0 fully saturated rings. The first kappa shape index (κ1) is 17.0. The van der Waals surface area contributed by atoms with Gasteiger partial charge in [-0.25, -0.2) is 13.8 Å². The van der Waals surface area contributed by atoms with E-state index in [2.05, 4.69) is 4.98 Å². The zero-order chi connectivity index (χ0) is 17.3. The van der Waals surface area contributed by atoms with Crippen LogP contribution < -0.4 is 4.74 Å². The van der Waals surface area contributed by atoms with Crippen molar-refractivity contribution in [2.75, 3.05) is 6.61 Å². The summed E-state index contributed by atoms with van der Waals surface area (Å²) in [7, 11) is 0. The number of ether oxygens (including phenoxy) is 1. The van der Waals surface area contributed by atoms with E-state index in [4.69, 9.17) is 27.9 Å². The highest BCUT2D eigenvalue weighted by molar-refractivity contribution is 6.34. The van der Waals surface area contributed by atoms with Gasteiger partial charge in [-0.2, -0.15) is 0 Å².